The molecule has 0 atom stereocenters. The number of rotatable bonds is 3. The van der Waals surface area contributed by atoms with Crippen LogP contribution in [0, 0.1) is 0 Å². The average Bonchev–Trinajstić information content (AvgIpc) is 2.62. The van der Waals surface area contributed by atoms with Crippen molar-refractivity contribution in [3.63, 3.8) is 0 Å². The second-order valence-electron chi connectivity index (χ2n) is 3.60. The van der Waals surface area contributed by atoms with Crippen molar-refractivity contribution < 1.29 is 10.2 Å². The molecule has 0 amide bonds. The van der Waals surface area contributed by atoms with Crippen molar-refractivity contribution in [2.24, 2.45) is 0 Å². The zero-order chi connectivity index (χ0) is 10.9. The molecule has 0 fully saturated rings. The van der Waals surface area contributed by atoms with Gasteiger partial charge in [0.15, 0.2) is 0 Å². The number of fused-ring (bicyclic) bond motifs is 1. The Morgan fingerprint density at radius 1 is 1.33 bits per heavy atom. The molecule has 80 valence electrons. The van der Waals surface area contributed by atoms with E-state index in [0.29, 0.717) is 0 Å². The number of likely N-dealkylation sites (N-methyl/N-ethyl adjacent to an activating group) is 1. The summed E-state index contributed by atoms with van der Waals surface area (Å²) in [6.45, 7) is 0. The van der Waals surface area contributed by atoms with Crippen LogP contribution in [0.5, 0.6) is 0 Å². The van der Waals surface area contributed by atoms with Crippen molar-refractivity contribution in [1.29, 1.82) is 0 Å². The van der Waals surface area contributed by atoms with Gasteiger partial charge < -0.3 is 15.2 Å². The van der Waals surface area contributed by atoms with Crippen LogP contribution in [0.4, 0.5) is 0 Å². The lowest BCUT2D eigenvalue weighted by molar-refractivity contribution is -0.179. The molecule has 0 saturated heterocycles. The van der Waals surface area contributed by atoms with Gasteiger partial charge in [0.1, 0.15) is 0 Å². The van der Waals surface area contributed by atoms with E-state index in [1.807, 2.05) is 24.3 Å². The Morgan fingerprint density at radius 2 is 2.07 bits per heavy atom. The zero-order valence-corrected chi connectivity index (χ0v) is 8.49. The Bertz CT molecular complexity index is 462. The number of hydrogen-bond acceptors (Lipinski definition) is 3. The highest BCUT2D eigenvalue weighted by atomic mass is 16.5. The summed E-state index contributed by atoms with van der Waals surface area (Å²) < 4.78 is 0. The van der Waals surface area contributed by atoms with E-state index in [0.717, 1.165) is 16.5 Å². The van der Waals surface area contributed by atoms with Crippen molar-refractivity contribution in [3.05, 3.63) is 36.0 Å². The number of para-hydroxylation sites is 1. The third-order valence-corrected chi connectivity index (χ3v) is 2.51. The van der Waals surface area contributed by atoms with E-state index in [1.165, 1.54) is 7.05 Å². The lowest BCUT2D eigenvalue weighted by Gasteiger charge is -2.19. The smallest absolute Gasteiger partial charge is 0.226 e. The van der Waals surface area contributed by atoms with E-state index >= 15 is 0 Å². The number of benzene rings is 1. The molecule has 1 heterocycles. The number of aromatic nitrogens is 1. The first kappa shape index (κ1) is 10.2. The van der Waals surface area contributed by atoms with Gasteiger partial charge in [0, 0.05) is 23.5 Å². The molecule has 0 radical (unpaired) electrons. The fraction of sp³-hybridized carbons (Fsp3) is 0.273. The van der Waals surface area contributed by atoms with Gasteiger partial charge in [0.05, 0.1) is 0 Å². The Morgan fingerprint density at radius 3 is 2.80 bits per heavy atom. The van der Waals surface area contributed by atoms with Crippen molar-refractivity contribution >= 4 is 10.9 Å². The maximum Gasteiger partial charge on any atom is 0.226 e. The molecule has 2 aromatic rings. The highest BCUT2D eigenvalue weighted by molar-refractivity contribution is 5.83. The number of H-pyrrole nitrogens is 1. The van der Waals surface area contributed by atoms with E-state index < -0.39 is 5.91 Å². The third-order valence-electron chi connectivity index (χ3n) is 2.51. The van der Waals surface area contributed by atoms with Crippen LogP contribution in [-0.2, 0) is 6.42 Å². The second kappa shape index (κ2) is 3.66. The first-order valence-electron chi connectivity index (χ1n) is 4.81. The molecule has 0 bridgehead atoms. The van der Waals surface area contributed by atoms with Crippen LogP contribution >= 0.6 is 0 Å². The minimum absolute atomic E-state index is 0.146. The van der Waals surface area contributed by atoms with E-state index in [4.69, 9.17) is 0 Å². The molecule has 1 aromatic carbocycles. The highest BCUT2D eigenvalue weighted by Gasteiger charge is 2.22. The Balaban J connectivity index is 2.37. The minimum Gasteiger partial charge on any atom is -0.361 e. The Labute approximate surface area is 87.6 Å². The fourth-order valence-electron chi connectivity index (χ4n) is 1.63. The molecule has 15 heavy (non-hydrogen) atoms. The predicted octanol–water partition coefficient (Wildman–Crippen LogP) is 0.568. The summed E-state index contributed by atoms with van der Waals surface area (Å²) in [4.78, 5) is 3.08. The van der Waals surface area contributed by atoms with Gasteiger partial charge >= 0.3 is 0 Å². The number of hydrogen-bond donors (Lipinski definition) is 4. The van der Waals surface area contributed by atoms with Crippen molar-refractivity contribution in [1.82, 2.24) is 10.3 Å². The molecule has 4 N–H and O–H groups in total. The summed E-state index contributed by atoms with van der Waals surface area (Å²) in [5.41, 5.74) is 1.88. The molecule has 2 rings (SSSR count). The molecule has 0 saturated carbocycles. The van der Waals surface area contributed by atoms with Crippen LogP contribution in [0.25, 0.3) is 10.9 Å². The summed E-state index contributed by atoms with van der Waals surface area (Å²) in [6, 6.07) is 7.77. The maximum absolute atomic E-state index is 9.49. The average molecular weight is 206 g/mol. The van der Waals surface area contributed by atoms with Gasteiger partial charge in [-0.1, -0.05) is 18.2 Å². The molecular weight excluding hydrogens is 192 g/mol. The Kier molecular flexibility index (Phi) is 2.48. The molecule has 4 nitrogen and oxygen atoms in total. The van der Waals surface area contributed by atoms with Gasteiger partial charge in [-0.25, -0.2) is 0 Å². The third kappa shape index (κ3) is 2.02. The van der Waals surface area contributed by atoms with Gasteiger partial charge in [-0.05, 0) is 18.7 Å². The molecule has 4 heteroatoms. The van der Waals surface area contributed by atoms with Crippen molar-refractivity contribution in [2.45, 2.75) is 12.3 Å². The molecule has 0 aliphatic carbocycles. The first-order valence-corrected chi connectivity index (χ1v) is 4.81. The van der Waals surface area contributed by atoms with Crippen LogP contribution < -0.4 is 5.32 Å². The van der Waals surface area contributed by atoms with Crippen LogP contribution in [0.15, 0.2) is 30.5 Å². The lowest BCUT2D eigenvalue weighted by atomic mass is 10.1. The summed E-state index contributed by atoms with van der Waals surface area (Å²) in [7, 11) is 1.51. The zero-order valence-electron chi connectivity index (χ0n) is 8.49. The fourth-order valence-corrected chi connectivity index (χ4v) is 1.63. The van der Waals surface area contributed by atoms with Crippen LogP contribution in [0.2, 0.25) is 0 Å². The molecule has 0 aliphatic rings. The lowest BCUT2D eigenvalue weighted by Crippen LogP contribution is -2.44. The second-order valence-corrected chi connectivity index (χ2v) is 3.60. The molecule has 0 unspecified atom stereocenters. The largest absolute Gasteiger partial charge is 0.361 e. The van der Waals surface area contributed by atoms with E-state index in [2.05, 4.69) is 10.3 Å². The van der Waals surface area contributed by atoms with Crippen LogP contribution in [0.1, 0.15) is 5.56 Å². The van der Waals surface area contributed by atoms with Crippen molar-refractivity contribution in [2.75, 3.05) is 7.05 Å². The van der Waals surface area contributed by atoms with E-state index in [1.54, 1.807) is 6.20 Å². The Hall–Kier alpha value is -1.36. The number of aliphatic hydroxyl groups is 2. The summed E-state index contributed by atoms with van der Waals surface area (Å²) >= 11 is 0. The number of nitrogens with one attached hydrogen (secondary N) is 2. The minimum atomic E-state index is -1.86. The topological polar surface area (TPSA) is 68.3 Å². The van der Waals surface area contributed by atoms with E-state index in [9.17, 15) is 10.2 Å². The molecule has 1 aromatic heterocycles. The molecule has 0 spiro atoms. The normalized spacial score (nSPS) is 12.2. The molecular formula is C11H14N2O2. The number of aromatic amines is 1. The predicted molar refractivity (Wildman–Crippen MR) is 58.2 cm³/mol. The van der Waals surface area contributed by atoms with Gasteiger partial charge in [-0.3, -0.25) is 5.32 Å². The standard InChI is InChI=1S/C11H14N2O2/c1-12-11(14,15)6-8-7-13-10-5-3-2-4-9(8)10/h2-5,7,12-15H,6H2,1H3. The summed E-state index contributed by atoms with van der Waals surface area (Å²) in [5, 5.41) is 22.4. The van der Waals surface area contributed by atoms with Gasteiger partial charge in [0.2, 0.25) is 5.91 Å². The first-order chi connectivity index (χ1) is 7.12. The van der Waals surface area contributed by atoms with Crippen LogP contribution in [0.3, 0.4) is 0 Å². The SMILES string of the molecule is CNC(O)(O)Cc1c[nH]c2ccccc12. The maximum atomic E-state index is 9.49. The van der Waals surface area contributed by atoms with Crippen molar-refractivity contribution in [3.8, 4) is 0 Å². The molecule has 0 aliphatic heterocycles. The summed E-state index contributed by atoms with van der Waals surface area (Å²) in [5.74, 6) is -1.86. The van der Waals surface area contributed by atoms with Gasteiger partial charge in [-0.15, -0.1) is 0 Å². The van der Waals surface area contributed by atoms with Gasteiger partial charge in [0.25, 0.3) is 0 Å². The van der Waals surface area contributed by atoms with Gasteiger partial charge in [-0.2, -0.15) is 0 Å². The van der Waals surface area contributed by atoms with E-state index in [-0.39, 0.29) is 6.42 Å². The summed E-state index contributed by atoms with van der Waals surface area (Å²) in [6.07, 6.45) is 1.94. The monoisotopic (exact) mass is 206 g/mol. The van der Waals surface area contributed by atoms with Crippen LogP contribution in [-0.4, -0.2) is 28.2 Å². The highest BCUT2D eigenvalue weighted by Crippen LogP contribution is 2.20. The quantitative estimate of drug-likeness (QED) is 0.555.